The van der Waals surface area contributed by atoms with Gasteiger partial charge in [-0.15, -0.1) is 0 Å². The first-order valence-corrected chi connectivity index (χ1v) is 0. The summed E-state index contributed by atoms with van der Waals surface area (Å²) in [5.41, 5.74) is 0. The molecule has 0 aromatic carbocycles. The van der Waals surface area contributed by atoms with Crippen LogP contribution in [0.1, 0.15) is 0 Å². The van der Waals surface area contributed by atoms with Gasteiger partial charge in [0.15, 0.2) is 0 Å². The first-order chi connectivity index (χ1) is 0. The van der Waals surface area contributed by atoms with Gasteiger partial charge in [0.2, 0.25) is 0 Å². The van der Waals surface area contributed by atoms with E-state index in [0.29, 0.717) is 0 Å². The third kappa shape index (κ3) is 49.9. The van der Waals surface area contributed by atoms with Gasteiger partial charge >= 0.3 is 0 Å². The van der Waals surface area contributed by atoms with Crippen molar-refractivity contribution in [1.29, 1.82) is 0 Å². The first-order valence-electron chi connectivity index (χ1n) is 0. The van der Waals surface area contributed by atoms with Crippen molar-refractivity contribution in [1.82, 2.24) is 0 Å². The second kappa shape index (κ2) is 88.2. The normalized spacial score (nSPS) is 0. The van der Waals surface area contributed by atoms with Crippen molar-refractivity contribution < 1.29 is 42.0 Å². The van der Waals surface area contributed by atoms with Crippen molar-refractivity contribution in [2.75, 3.05) is 0 Å². The molecule has 0 fully saturated rings. The van der Waals surface area contributed by atoms with E-state index in [-0.39, 0.29) is 71.6 Å². The molecular formula is H8NaO4Tc. The SMILES string of the molecule is O.O.O.O.[99Tc].[Na]. The molecule has 0 spiro atoms. The molecule has 0 bridgehead atoms. The Balaban J connectivity index is 0. The molecule has 0 atom stereocenters. The molecule has 0 saturated heterocycles. The Morgan fingerprint density at radius 3 is 0.500 bits per heavy atom. The standard InChI is InChI=1S/Na.4H2O.Tc/h;4*1H2;/i;;;;;1+1. The largest absolute Gasteiger partial charge is 0.412 e. The van der Waals surface area contributed by atoms with E-state index in [1.54, 1.807) is 0 Å². The van der Waals surface area contributed by atoms with Gasteiger partial charge in [0, 0.05) is 49.7 Å². The maximum absolute atomic E-state index is 0. The summed E-state index contributed by atoms with van der Waals surface area (Å²) in [6.07, 6.45) is 0. The van der Waals surface area contributed by atoms with Gasteiger partial charge in [0.05, 0.1) is 0 Å². The minimum atomic E-state index is 0. The average molecular weight is 194 g/mol. The average Bonchev–Trinajstić information content (AvgIpc) is 0. The molecule has 0 heterocycles. The van der Waals surface area contributed by atoms with E-state index in [4.69, 9.17) is 0 Å². The van der Waals surface area contributed by atoms with E-state index < -0.39 is 0 Å². The van der Waals surface area contributed by atoms with Crippen LogP contribution < -0.4 is 0 Å². The summed E-state index contributed by atoms with van der Waals surface area (Å²) in [5.74, 6) is 0. The van der Waals surface area contributed by atoms with Gasteiger partial charge in [-0.25, -0.2) is 0 Å². The van der Waals surface area contributed by atoms with Gasteiger partial charge in [-0.2, -0.15) is 0 Å². The summed E-state index contributed by atoms with van der Waals surface area (Å²) in [5, 5.41) is 0. The Labute approximate surface area is 71.2 Å². The van der Waals surface area contributed by atoms with Crippen molar-refractivity contribution in [3.63, 3.8) is 0 Å². The maximum Gasteiger partial charge on any atom is 0 e. The first kappa shape index (κ1) is 142. The zero-order valence-corrected chi connectivity index (χ0v) is 7.24. The molecule has 6 heavy (non-hydrogen) atoms. The minimum absolute atomic E-state index is 0. The van der Waals surface area contributed by atoms with Crippen LogP contribution in [0.3, 0.4) is 0 Å². The van der Waals surface area contributed by atoms with E-state index in [1.165, 1.54) is 0 Å². The van der Waals surface area contributed by atoms with Gasteiger partial charge in [0.1, 0.15) is 0 Å². The Morgan fingerprint density at radius 2 is 0.500 bits per heavy atom. The molecule has 0 unspecified atom stereocenters. The Morgan fingerprint density at radius 1 is 0.500 bits per heavy atom. The quantitative estimate of drug-likeness (QED) is 0.352. The predicted octanol–water partition coefficient (Wildman–Crippen LogP) is -3.68. The monoisotopic (exact) mass is 194 g/mol. The van der Waals surface area contributed by atoms with Crippen molar-refractivity contribution in [3.8, 4) is 0 Å². The molecule has 0 saturated carbocycles. The second-order valence-electron chi connectivity index (χ2n) is 0. The van der Waals surface area contributed by atoms with Crippen LogP contribution in [0, 0.1) is 0 Å². The van der Waals surface area contributed by atoms with Crippen LogP contribution in [0.5, 0.6) is 0 Å². The Kier molecular flexibility index (Phi) is 2090. The summed E-state index contributed by atoms with van der Waals surface area (Å²) in [7, 11) is 0. The fourth-order valence-corrected chi connectivity index (χ4v) is 0. The summed E-state index contributed by atoms with van der Waals surface area (Å²) in [6.45, 7) is 0. The topological polar surface area (TPSA) is 126 Å². The van der Waals surface area contributed by atoms with E-state index in [1.807, 2.05) is 0 Å². The number of rotatable bonds is 0. The molecule has 6 heteroatoms. The van der Waals surface area contributed by atoms with Crippen LogP contribution in [-0.4, -0.2) is 51.5 Å². The third-order valence-corrected chi connectivity index (χ3v) is 0. The molecule has 40 valence electrons. The summed E-state index contributed by atoms with van der Waals surface area (Å²) in [4.78, 5) is 0. The molecule has 4 nitrogen and oxygen atoms in total. The number of hydrogen-bond acceptors (Lipinski definition) is 0. The number of hydrogen-bond donors (Lipinski definition) is 0. The molecule has 0 aromatic heterocycles. The van der Waals surface area contributed by atoms with Crippen molar-refractivity contribution in [3.05, 3.63) is 0 Å². The fraction of sp³-hybridized carbons (Fsp3) is 0. The fourth-order valence-electron chi connectivity index (χ4n) is 0. The van der Waals surface area contributed by atoms with Gasteiger partial charge < -0.3 is 21.9 Å². The third-order valence-electron chi connectivity index (χ3n) is 0. The zero-order valence-electron chi connectivity index (χ0n) is 3.38. The smallest absolute Gasteiger partial charge is 0 e. The van der Waals surface area contributed by atoms with E-state index in [2.05, 4.69) is 0 Å². The van der Waals surface area contributed by atoms with Gasteiger partial charge in [-0.1, -0.05) is 0 Å². The van der Waals surface area contributed by atoms with Crippen LogP contribution in [0.4, 0.5) is 0 Å². The molecule has 0 aliphatic rings. The molecule has 0 amide bonds. The molecule has 0 aliphatic heterocycles. The molecule has 8 N–H and O–H groups in total. The van der Waals surface area contributed by atoms with Crippen LogP contribution in [0.25, 0.3) is 0 Å². The van der Waals surface area contributed by atoms with E-state index >= 15 is 0 Å². The van der Waals surface area contributed by atoms with Crippen LogP contribution in [0.2, 0.25) is 0 Å². The molecule has 0 aliphatic carbocycles. The zero-order chi connectivity index (χ0) is 0. The molecule has 0 aromatic rings. The van der Waals surface area contributed by atoms with Crippen molar-refractivity contribution in [2.45, 2.75) is 0 Å². The maximum atomic E-state index is 0. The van der Waals surface area contributed by atoms with Crippen molar-refractivity contribution >= 4 is 29.6 Å². The predicted molar refractivity (Wildman–Crippen MR) is 20.2 cm³/mol. The molecular weight excluding hydrogens is 186 g/mol. The van der Waals surface area contributed by atoms with Crippen LogP contribution >= 0.6 is 0 Å². The summed E-state index contributed by atoms with van der Waals surface area (Å²) >= 11 is 0. The van der Waals surface area contributed by atoms with E-state index in [9.17, 15) is 0 Å². The summed E-state index contributed by atoms with van der Waals surface area (Å²) in [6, 6.07) is 0. The molecule has 2 radical (unpaired) electrons. The Hall–Kier alpha value is 1.49. The van der Waals surface area contributed by atoms with Gasteiger partial charge in [-0.05, 0) is 0 Å². The summed E-state index contributed by atoms with van der Waals surface area (Å²) < 4.78 is 0. The van der Waals surface area contributed by atoms with Crippen molar-refractivity contribution in [2.24, 2.45) is 0 Å². The van der Waals surface area contributed by atoms with E-state index in [0.717, 1.165) is 0 Å². The molecule has 0 rings (SSSR count). The van der Waals surface area contributed by atoms with Crippen LogP contribution in [0.15, 0.2) is 0 Å². The minimum Gasteiger partial charge on any atom is -0.412 e. The van der Waals surface area contributed by atoms with Crippen LogP contribution in [-0.2, 0) is 20.1 Å². The second-order valence-corrected chi connectivity index (χ2v) is 0. The van der Waals surface area contributed by atoms with Gasteiger partial charge in [-0.3, -0.25) is 0 Å². The van der Waals surface area contributed by atoms with Gasteiger partial charge in [0.25, 0.3) is 0 Å². The Bertz CT molecular complexity index is 7.51.